The lowest BCUT2D eigenvalue weighted by molar-refractivity contribution is 0.0515. The topological polar surface area (TPSA) is 67.6 Å². The van der Waals surface area contributed by atoms with Crippen molar-refractivity contribution in [3.8, 4) is 5.75 Å². The van der Waals surface area contributed by atoms with Crippen molar-refractivity contribution in [2.75, 3.05) is 13.2 Å². The number of carbonyl (C=O) groups is 1. The summed E-state index contributed by atoms with van der Waals surface area (Å²) in [6.45, 7) is 5.07. The van der Waals surface area contributed by atoms with E-state index in [4.69, 9.17) is 4.74 Å². The molecule has 1 aromatic heterocycles. The lowest BCUT2D eigenvalue weighted by atomic mass is 10.0. The van der Waals surface area contributed by atoms with Gasteiger partial charge >= 0.3 is 5.97 Å². The Balaban J connectivity index is 1.60. The molecule has 1 N–H and O–H groups in total. The molecule has 0 amide bonds. The Bertz CT molecular complexity index is 981. The molecule has 29 heavy (non-hydrogen) atoms. The average molecular weight is 391 g/mol. The molecule has 6 nitrogen and oxygen atoms in total. The van der Waals surface area contributed by atoms with Gasteiger partial charge in [0.2, 0.25) is 0 Å². The van der Waals surface area contributed by atoms with E-state index in [1.807, 2.05) is 41.9 Å². The minimum atomic E-state index is -0.359. The van der Waals surface area contributed by atoms with Crippen LogP contribution in [0.2, 0.25) is 0 Å². The molecule has 0 unspecified atom stereocenters. The van der Waals surface area contributed by atoms with Crippen LogP contribution in [0.4, 0.5) is 0 Å². The maximum atomic E-state index is 12.5. The molecular weight excluding hydrogens is 366 g/mol. The zero-order valence-corrected chi connectivity index (χ0v) is 16.5. The van der Waals surface area contributed by atoms with Crippen molar-refractivity contribution in [2.24, 2.45) is 0 Å². The molecule has 1 aliphatic heterocycles. The molecular formula is C23H25N3O3. The van der Waals surface area contributed by atoms with Gasteiger partial charge in [0.25, 0.3) is 0 Å². The lowest BCUT2D eigenvalue weighted by Gasteiger charge is -2.27. The molecule has 150 valence electrons. The van der Waals surface area contributed by atoms with E-state index < -0.39 is 0 Å². The standard InChI is InChI=1S/C23H25N3O3/c1-2-29-23(28)22-20-16-25(14-18-8-10-19(27)11-9-18)13-12-21(20)26(24-22)15-17-6-4-3-5-7-17/h3-11,27H,2,12-16H2,1H3. The van der Waals surface area contributed by atoms with Gasteiger partial charge in [0.05, 0.1) is 13.2 Å². The number of ether oxygens (including phenoxy) is 1. The molecule has 0 aliphatic carbocycles. The van der Waals surface area contributed by atoms with E-state index in [1.165, 1.54) is 0 Å². The first kappa shape index (κ1) is 19.2. The van der Waals surface area contributed by atoms with Crippen LogP contribution in [0.15, 0.2) is 54.6 Å². The van der Waals surface area contributed by atoms with Gasteiger partial charge in [0.1, 0.15) is 5.75 Å². The number of fused-ring (bicyclic) bond motifs is 1. The maximum Gasteiger partial charge on any atom is 0.359 e. The van der Waals surface area contributed by atoms with Crippen molar-refractivity contribution in [1.82, 2.24) is 14.7 Å². The van der Waals surface area contributed by atoms with Crippen molar-refractivity contribution in [2.45, 2.75) is 33.0 Å². The van der Waals surface area contributed by atoms with Gasteiger partial charge in [-0.25, -0.2) is 4.79 Å². The predicted molar refractivity (Wildman–Crippen MR) is 110 cm³/mol. The molecule has 2 heterocycles. The van der Waals surface area contributed by atoms with Crippen molar-refractivity contribution >= 4 is 5.97 Å². The van der Waals surface area contributed by atoms with Gasteiger partial charge in [-0.3, -0.25) is 9.58 Å². The van der Waals surface area contributed by atoms with Crippen LogP contribution in [-0.4, -0.2) is 38.9 Å². The van der Waals surface area contributed by atoms with E-state index in [-0.39, 0.29) is 11.7 Å². The van der Waals surface area contributed by atoms with Crippen LogP contribution >= 0.6 is 0 Å². The first-order chi connectivity index (χ1) is 14.1. The zero-order valence-electron chi connectivity index (χ0n) is 16.5. The van der Waals surface area contributed by atoms with Crippen LogP contribution < -0.4 is 0 Å². The highest BCUT2D eigenvalue weighted by Crippen LogP contribution is 2.26. The molecule has 0 fully saturated rings. The third-order valence-corrected chi connectivity index (χ3v) is 5.20. The number of esters is 1. The van der Waals surface area contributed by atoms with Gasteiger partial charge < -0.3 is 9.84 Å². The number of phenolic OH excluding ortho intramolecular Hbond substituents is 1. The highest BCUT2D eigenvalue weighted by molar-refractivity contribution is 5.89. The fraction of sp³-hybridized carbons (Fsp3) is 0.304. The number of hydrogen-bond acceptors (Lipinski definition) is 5. The molecule has 2 aromatic carbocycles. The monoisotopic (exact) mass is 391 g/mol. The lowest BCUT2D eigenvalue weighted by Crippen LogP contribution is -2.31. The second-order valence-corrected chi connectivity index (χ2v) is 7.26. The summed E-state index contributed by atoms with van der Waals surface area (Å²) in [7, 11) is 0. The van der Waals surface area contributed by atoms with E-state index in [1.54, 1.807) is 12.1 Å². The van der Waals surface area contributed by atoms with Crippen LogP contribution in [0.5, 0.6) is 5.75 Å². The van der Waals surface area contributed by atoms with Crippen molar-refractivity contribution in [3.05, 3.63) is 82.7 Å². The normalized spacial score (nSPS) is 13.8. The van der Waals surface area contributed by atoms with Gasteiger partial charge in [-0.05, 0) is 30.2 Å². The van der Waals surface area contributed by atoms with Gasteiger partial charge in [-0.15, -0.1) is 0 Å². The Hall–Kier alpha value is -3.12. The van der Waals surface area contributed by atoms with Gasteiger partial charge in [0, 0.05) is 37.3 Å². The quantitative estimate of drug-likeness (QED) is 0.653. The number of carbonyl (C=O) groups excluding carboxylic acids is 1. The Morgan fingerprint density at radius 2 is 1.79 bits per heavy atom. The minimum Gasteiger partial charge on any atom is -0.508 e. The van der Waals surface area contributed by atoms with E-state index in [9.17, 15) is 9.90 Å². The van der Waals surface area contributed by atoms with Crippen molar-refractivity contribution in [1.29, 1.82) is 0 Å². The summed E-state index contributed by atoms with van der Waals surface area (Å²) < 4.78 is 7.22. The van der Waals surface area contributed by atoms with Crippen molar-refractivity contribution < 1.29 is 14.6 Å². The third kappa shape index (κ3) is 4.32. The van der Waals surface area contributed by atoms with Gasteiger partial charge in [-0.2, -0.15) is 5.10 Å². The molecule has 0 bridgehead atoms. The fourth-order valence-electron chi connectivity index (χ4n) is 3.79. The second-order valence-electron chi connectivity index (χ2n) is 7.26. The maximum absolute atomic E-state index is 12.5. The Labute approximate surface area is 170 Å². The summed E-state index contributed by atoms with van der Waals surface area (Å²) in [5, 5.41) is 14.1. The van der Waals surface area contributed by atoms with Crippen LogP contribution in [0.3, 0.4) is 0 Å². The summed E-state index contributed by atoms with van der Waals surface area (Å²) in [6.07, 6.45) is 0.826. The number of aromatic nitrogens is 2. The molecule has 0 saturated heterocycles. The Morgan fingerprint density at radius 3 is 2.52 bits per heavy atom. The van der Waals surface area contributed by atoms with Crippen LogP contribution in [0.25, 0.3) is 0 Å². The number of benzene rings is 2. The second kappa shape index (κ2) is 8.49. The van der Waals surface area contributed by atoms with Crippen molar-refractivity contribution in [3.63, 3.8) is 0 Å². The van der Waals surface area contributed by atoms with E-state index in [0.29, 0.717) is 25.4 Å². The SMILES string of the molecule is CCOC(=O)c1nn(Cc2ccccc2)c2c1CN(Cc1ccc(O)cc1)CC2. The molecule has 4 rings (SSSR count). The number of phenols is 1. The molecule has 0 spiro atoms. The third-order valence-electron chi connectivity index (χ3n) is 5.20. The van der Waals surface area contributed by atoms with Crippen LogP contribution in [0, 0.1) is 0 Å². The summed E-state index contributed by atoms with van der Waals surface area (Å²) in [5.74, 6) is -0.0940. The summed E-state index contributed by atoms with van der Waals surface area (Å²) in [4.78, 5) is 14.8. The van der Waals surface area contributed by atoms with E-state index in [0.717, 1.165) is 41.9 Å². The number of hydrogen-bond donors (Lipinski definition) is 1. The molecule has 3 aromatic rings. The number of aromatic hydroxyl groups is 1. The zero-order chi connectivity index (χ0) is 20.2. The molecule has 0 atom stereocenters. The van der Waals surface area contributed by atoms with E-state index in [2.05, 4.69) is 22.1 Å². The molecule has 1 aliphatic rings. The van der Waals surface area contributed by atoms with Gasteiger partial charge in [-0.1, -0.05) is 42.5 Å². The first-order valence-corrected chi connectivity index (χ1v) is 9.94. The highest BCUT2D eigenvalue weighted by atomic mass is 16.5. The summed E-state index contributed by atoms with van der Waals surface area (Å²) >= 11 is 0. The predicted octanol–water partition coefficient (Wildman–Crippen LogP) is 3.37. The van der Waals surface area contributed by atoms with Crippen LogP contribution in [-0.2, 0) is 30.8 Å². The Morgan fingerprint density at radius 1 is 1.07 bits per heavy atom. The fourth-order valence-corrected chi connectivity index (χ4v) is 3.79. The molecule has 0 radical (unpaired) electrons. The smallest absolute Gasteiger partial charge is 0.359 e. The number of rotatable bonds is 6. The largest absolute Gasteiger partial charge is 0.508 e. The molecule has 6 heteroatoms. The van der Waals surface area contributed by atoms with Gasteiger partial charge in [0.15, 0.2) is 5.69 Å². The number of nitrogens with zero attached hydrogens (tertiary/aromatic N) is 3. The first-order valence-electron chi connectivity index (χ1n) is 9.94. The average Bonchev–Trinajstić information content (AvgIpc) is 3.08. The van der Waals surface area contributed by atoms with Crippen LogP contribution in [0.1, 0.15) is 39.8 Å². The highest BCUT2D eigenvalue weighted by Gasteiger charge is 2.28. The minimum absolute atomic E-state index is 0.265. The van der Waals surface area contributed by atoms with E-state index >= 15 is 0 Å². The Kier molecular flexibility index (Phi) is 5.62. The molecule has 0 saturated carbocycles. The summed E-state index contributed by atoms with van der Waals surface area (Å²) in [5.41, 5.74) is 4.77. The summed E-state index contributed by atoms with van der Waals surface area (Å²) in [6, 6.07) is 17.4.